The number of rotatable bonds is 8. The van der Waals surface area contributed by atoms with Crippen molar-refractivity contribution in [3.8, 4) is 11.5 Å². The molecule has 0 radical (unpaired) electrons. The molecule has 0 atom stereocenters. The number of hydrazone groups is 1. The summed E-state index contributed by atoms with van der Waals surface area (Å²) in [6.45, 7) is 0. The minimum atomic E-state index is -0.450. The van der Waals surface area contributed by atoms with Gasteiger partial charge in [-0.3, -0.25) is 14.9 Å². The molecule has 0 bridgehead atoms. The molecular formula is C24H21N3O5. The Morgan fingerprint density at radius 1 is 0.938 bits per heavy atom. The van der Waals surface area contributed by atoms with E-state index in [1.165, 1.54) is 26.4 Å². The molecule has 1 N–H and O–H groups in total. The number of nitro benzene ring substituents is 1. The van der Waals surface area contributed by atoms with E-state index in [1.807, 2.05) is 30.3 Å². The van der Waals surface area contributed by atoms with Gasteiger partial charge >= 0.3 is 0 Å². The van der Waals surface area contributed by atoms with Gasteiger partial charge in [-0.1, -0.05) is 36.4 Å². The minimum Gasteiger partial charge on any atom is -0.493 e. The summed E-state index contributed by atoms with van der Waals surface area (Å²) in [5.41, 5.74) is 4.99. The van der Waals surface area contributed by atoms with Crippen LogP contribution < -0.4 is 14.9 Å². The zero-order valence-electron chi connectivity index (χ0n) is 17.5. The summed E-state index contributed by atoms with van der Waals surface area (Å²) in [7, 11) is 3.01. The highest BCUT2D eigenvalue weighted by Crippen LogP contribution is 2.27. The van der Waals surface area contributed by atoms with Crippen molar-refractivity contribution in [1.82, 2.24) is 5.43 Å². The zero-order valence-corrected chi connectivity index (χ0v) is 17.5. The SMILES string of the molecule is COc1ccc(C(=O)NN=C(/C=C\c2ccc([N+](=O)[O-])cc2)c2ccccc2)cc1OC. The Bertz CT molecular complexity index is 1160. The molecule has 0 fully saturated rings. The van der Waals surface area contributed by atoms with E-state index < -0.39 is 10.8 Å². The molecule has 0 saturated heterocycles. The van der Waals surface area contributed by atoms with E-state index in [1.54, 1.807) is 42.5 Å². The van der Waals surface area contributed by atoms with Crippen molar-refractivity contribution in [3.05, 3.63) is 106 Å². The maximum Gasteiger partial charge on any atom is 0.271 e. The second-order valence-corrected chi connectivity index (χ2v) is 6.56. The van der Waals surface area contributed by atoms with Gasteiger partial charge in [-0.25, -0.2) is 5.43 Å². The van der Waals surface area contributed by atoms with Crippen LogP contribution in [0.5, 0.6) is 11.5 Å². The monoisotopic (exact) mass is 431 g/mol. The minimum absolute atomic E-state index is 0.0151. The van der Waals surface area contributed by atoms with Crippen LogP contribution in [0.4, 0.5) is 5.69 Å². The van der Waals surface area contributed by atoms with E-state index >= 15 is 0 Å². The Kier molecular flexibility index (Phi) is 7.32. The van der Waals surface area contributed by atoms with Crippen molar-refractivity contribution in [2.24, 2.45) is 5.10 Å². The van der Waals surface area contributed by atoms with Crippen LogP contribution in [0.3, 0.4) is 0 Å². The highest BCUT2D eigenvalue weighted by Gasteiger charge is 2.11. The van der Waals surface area contributed by atoms with E-state index in [4.69, 9.17) is 9.47 Å². The lowest BCUT2D eigenvalue weighted by molar-refractivity contribution is -0.384. The van der Waals surface area contributed by atoms with Crippen molar-refractivity contribution < 1.29 is 19.2 Å². The quantitative estimate of drug-likeness (QED) is 0.322. The molecular weight excluding hydrogens is 410 g/mol. The number of nitro groups is 1. The average molecular weight is 431 g/mol. The van der Waals surface area contributed by atoms with E-state index in [0.717, 1.165) is 11.1 Å². The van der Waals surface area contributed by atoms with Gasteiger partial charge in [0, 0.05) is 23.3 Å². The molecule has 0 saturated carbocycles. The number of amides is 1. The van der Waals surface area contributed by atoms with Gasteiger partial charge in [-0.05, 0) is 42.0 Å². The first kappa shape index (κ1) is 22.2. The highest BCUT2D eigenvalue weighted by molar-refractivity contribution is 6.11. The number of hydrogen-bond donors (Lipinski definition) is 1. The third-order valence-electron chi connectivity index (χ3n) is 4.53. The Balaban J connectivity index is 1.84. The van der Waals surface area contributed by atoms with E-state index in [2.05, 4.69) is 10.5 Å². The molecule has 0 spiro atoms. The number of carbonyl (C=O) groups is 1. The number of hydrogen-bond acceptors (Lipinski definition) is 6. The molecule has 0 heterocycles. The van der Waals surface area contributed by atoms with Crippen LogP contribution in [0.15, 0.2) is 84.0 Å². The molecule has 0 aliphatic heterocycles. The first-order valence-corrected chi connectivity index (χ1v) is 9.60. The number of benzene rings is 3. The summed E-state index contributed by atoms with van der Waals surface area (Å²) in [6.07, 6.45) is 3.49. The number of nitrogens with zero attached hydrogens (tertiary/aromatic N) is 2. The van der Waals surface area contributed by atoms with Crippen LogP contribution in [-0.4, -0.2) is 30.8 Å². The van der Waals surface area contributed by atoms with Crippen LogP contribution in [0.25, 0.3) is 6.08 Å². The summed E-state index contributed by atoms with van der Waals surface area (Å²) >= 11 is 0. The number of ether oxygens (including phenoxy) is 2. The molecule has 0 aliphatic carbocycles. The maximum absolute atomic E-state index is 12.6. The number of methoxy groups -OCH3 is 2. The molecule has 8 heteroatoms. The number of carbonyl (C=O) groups excluding carboxylic acids is 1. The summed E-state index contributed by atoms with van der Waals surface area (Å²) in [6, 6.07) is 20.3. The topological polar surface area (TPSA) is 103 Å². The predicted octanol–water partition coefficient (Wildman–Crippen LogP) is 4.46. The molecule has 3 rings (SSSR count). The molecule has 0 aromatic heterocycles. The van der Waals surface area contributed by atoms with Gasteiger partial charge in [-0.2, -0.15) is 5.10 Å². The van der Waals surface area contributed by atoms with Gasteiger partial charge in [0.15, 0.2) is 11.5 Å². The standard InChI is InChI=1S/C24H21N3O5/c1-31-22-15-11-19(16-23(22)32-2)24(28)26-25-21(18-6-4-3-5-7-18)14-10-17-8-12-20(13-9-17)27(29)30/h3-16H,1-2H3,(H,26,28)/b14-10-,25-21?. The number of non-ortho nitro benzene ring substituents is 1. The summed E-state index contributed by atoms with van der Waals surface area (Å²) in [5, 5.41) is 15.1. The van der Waals surface area contributed by atoms with E-state index in [-0.39, 0.29) is 5.69 Å². The lowest BCUT2D eigenvalue weighted by atomic mass is 10.1. The number of allylic oxidation sites excluding steroid dienone is 1. The van der Waals surface area contributed by atoms with Gasteiger partial charge in [0.25, 0.3) is 11.6 Å². The van der Waals surface area contributed by atoms with Crippen molar-refractivity contribution in [1.29, 1.82) is 0 Å². The number of nitrogens with one attached hydrogen (secondary N) is 1. The second kappa shape index (κ2) is 10.5. The fourth-order valence-electron chi connectivity index (χ4n) is 2.84. The van der Waals surface area contributed by atoms with Gasteiger partial charge < -0.3 is 9.47 Å². The molecule has 1 amide bonds. The maximum atomic E-state index is 12.6. The Hall–Kier alpha value is -4.46. The molecule has 8 nitrogen and oxygen atoms in total. The van der Waals surface area contributed by atoms with Crippen LogP contribution in [-0.2, 0) is 0 Å². The Morgan fingerprint density at radius 3 is 2.25 bits per heavy atom. The fourth-order valence-corrected chi connectivity index (χ4v) is 2.84. The molecule has 32 heavy (non-hydrogen) atoms. The highest BCUT2D eigenvalue weighted by atomic mass is 16.6. The van der Waals surface area contributed by atoms with Crippen molar-refractivity contribution >= 4 is 23.4 Å². The van der Waals surface area contributed by atoms with Crippen molar-refractivity contribution in [2.45, 2.75) is 0 Å². The average Bonchev–Trinajstić information content (AvgIpc) is 2.84. The first-order valence-electron chi connectivity index (χ1n) is 9.60. The molecule has 0 unspecified atom stereocenters. The normalized spacial score (nSPS) is 11.2. The van der Waals surface area contributed by atoms with Crippen molar-refractivity contribution in [3.63, 3.8) is 0 Å². The zero-order chi connectivity index (χ0) is 22.9. The smallest absolute Gasteiger partial charge is 0.271 e. The predicted molar refractivity (Wildman–Crippen MR) is 122 cm³/mol. The van der Waals surface area contributed by atoms with E-state index in [9.17, 15) is 14.9 Å². The molecule has 162 valence electrons. The van der Waals surface area contributed by atoms with E-state index in [0.29, 0.717) is 22.8 Å². The summed E-state index contributed by atoms with van der Waals surface area (Å²) in [4.78, 5) is 23.0. The molecule has 3 aromatic rings. The molecule has 3 aromatic carbocycles. The van der Waals surface area contributed by atoms with Gasteiger partial charge in [0.2, 0.25) is 0 Å². The summed E-state index contributed by atoms with van der Waals surface area (Å²) < 4.78 is 10.4. The lowest BCUT2D eigenvalue weighted by Gasteiger charge is -2.09. The third kappa shape index (κ3) is 5.57. The van der Waals surface area contributed by atoms with Crippen LogP contribution in [0.1, 0.15) is 21.5 Å². The second-order valence-electron chi connectivity index (χ2n) is 6.56. The lowest BCUT2D eigenvalue weighted by Crippen LogP contribution is -2.19. The summed E-state index contributed by atoms with van der Waals surface area (Å²) in [5.74, 6) is 0.539. The van der Waals surface area contributed by atoms with Crippen molar-refractivity contribution in [2.75, 3.05) is 14.2 Å². The van der Waals surface area contributed by atoms with Crippen LogP contribution in [0, 0.1) is 10.1 Å². The van der Waals surface area contributed by atoms with Crippen LogP contribution >= 0.6 is 0 Å². The third-order valence-corrected chi connectivity index (χ3v) is 4.53. The van der Waals surface area contributed by atoms with Gasteiger partial charge in [0.05, 0.1) is 24.9 Å². The Morgan fingerprint density at radius 2 is 1.62 bits per heavy atom. The van der Waals surface area contributed by atoms with Gasteiger partial charge in [0.1, 0.15) is 0 Å². The molecule has 0 aliphatic rings. The van der Waals surface area contributed by atoms with Crippen LogP contribution in [0.2, 0.25) is 0 Å². The largest absolute Gasteiger partial charge is 0.493 e. The fraction of sp³-hybridized carbons (Fsp3) is 0.0833. The van der Waals surface area contributed by atoms with Gasteiger partial charge in [-0.15, -0.1) is 0 Å². The first-order chi connectivity index (χ1) is 15.5. The Labute approximate surface area is 185 Å².